The van der Waals surface area contributed by atoms with Crippen LogP contribution in [0.4, 0.5) is 4.79 Å². The Morgan fingerprint density at radius 1 is 1.14 bits per heavy atom. The molecule has 2 N–H and O–H groups in total. The minimum absolute atomic E-state index is 0.207. The van der Waals surface area contributed by atoms with Crippen LogP contribution in [-0.2, 0) is 17.6 Å². The first kappa shape index (κ1) is 26.4. The Kier molecular flexibility index (Phi) is 7.60. The normalized spacial score (nSPS) is 21.5. The molecule has 0 spiro atoms. The maximum Gasteiger partial charge on any atom is 0.286 e. The molecule has 1 saturated heterocycles. The van der Waals surface area contributed by atoms with Gasteiger partial charge < -0.3 is 14.6 Å². The first-order valence-corrected chi connectivity index (χ1v) is 13.7. The summed E-state index contributed by atoms with van der Waals surface area (Å²) < 4.78 is 12.7. The second-order valence-electron chi connectivity index (χ2n) is 10.8. The van der Waals surface area contributed by atoms with Gasteiger partial charge in [0.25, 0.3) is 5.24 Å². The smallest absolute Gasteiger partial charge is 0.286 e. The van der Waals surface area contributed by atoms with Gasteiger partial charge in [-0.3, -0.25) is 14.9 Å². The second-order valence-corrected chi connectivity index (χ2v) is 12.0. The molecule has 194 valence electrons. The molecule has 2 aliphatic heterocycles. The minimum atomic E-state index is -0.367. The number of hydrogen-bond acceptors (Lipinski definition) is 6. The van der Waals surface area contributed by atoms with Crippen molar-refractivity contribution < 1.29 is 24.2 Å². The summed E-state index contributed by atoms with van der Waals surface area (Å²) in [6.45, 7) is 13.2. The Hall–Kier alpha value is -2.67. The SMILES string of the molecule is Cc1c2c(c(C(C)C)c(O)c1C(C)C)CCC(C)(CCOc1ccc(CC3SC(=O)NC3=O)cc1)O2. The largest absolute Gasteiger partial charge is 0.507 e. The van der Waals surface area contributed by atoms with Crippen LogP contribution in [0.5, 0.6) is 17.2 Å². The number of fused-ring (bicyclic) bond motifs is 1. The van der Waals surface area contributed by atoms with Crippen LogP contribution in [-0.4, -0.2) is 33.7 Å². The van der Waals surface area contributed by atoms with E-state index >= 15 is 0 Å². The van der Waals surface area contributed by atoms with Gasteiger partial charge in [-0.2, -0.15) is 0 Å². The van der Waals surface area contributed by atoms with Gasteiger partial charge in [-0.05, 0) is 68.2 Å². The highest BCUT2D eigenvalue weighted by molar-refractivity contribution is 8.15. The third-order valence-electron chi connectivity index (χ3n) is 7.27. The lowest BCUT2D eigenvalue weighted by Crippen LogP contribution is -2.38. The second kappa shape index (κ2) is 10.4. The molecule has 6 nitrogen and oxygen atoms in total. The Labute approximate surface area is 218 Å². The van der Waals surface area contributed by atoms with Gasteiger partial charge in [-0.25, -0.2) is 0 Å². The van der Waals surface area contributed by atoms with E-state index in [1.54, 1.807) is 0 Å². The molecule has 1 fully saturated rings. The minimum Gasteiger partial charge on any atom is -0.507 e. The molecular weight excluding hydrogens is 474 g/mol. The summed E-state index contributed by atoms with van der Waals surface area (Å²) in [5.74, 6) is 2.35. The number of aromatic hydroxyl groups is 1. The molecule has 2 heterocycles. The molecular formula is C29H37NO5S. The number of thioether (sulfide) groups is 1. The van der Waals surface area contributed by atoms with Gasteiger partial charge in [0.05, 0.1) is 11.9 Å². The molecule has 0 bridgehead atoms. The van der Waals surface area contributed by atoms with Crippen molar-refractivity contribution in [3.05, 3.63) is 52.1 Å². The molecule has 2 amide bonds. The first-order valence-electron chi connectivity index (χ1n) is 12.8. The zero-order valence-electron chi connectivity index (χ0n) is 22.1. The highest BCUT2D eigenvalue weighted by atomic mass is 32.2. The topological polar surface area (TPSA) is 84.9 Å². The molecule has 36 heavy (non-hydrogen) atoms. The number of rotatable bonds is 8. The summed E-state index contributed by atoms with van der Waals surface area (Å²) in [6, 6.07) is 7.70. The van der Waals surface area contributed by atoms with Crippen molar-refractivity contribution in [3.8, 4) is 17.2 Å². The first-order chi connectivity index (χ1) is 17.0. The molecule has 0 aromatic heterocycles. The predicted octanol–water partition coefficient (Wildman–Crippen LogP) is 6.39. The quantitative estimate of drug-likeness (QED) is 0.427. The van der Waals surface area contributed by atoms with Gasteiger partial charge in [0.15, 0.2) is 0 Å². The number of benzene rings is 2. The lowest BCUT2D eigenvalue weighted by molar-refractivity contribution is -0.118. The molecule has 2 aromatic rings. The van der Waals surface area contributed by atoms with Crippen molar-refractivity contribution in [1.29, 1.82) is 0 Å². The zero-order valence-corrected chi connectivity index (χ0v) is 22.9. The van der Waals surface area contributed by atoms with E-state index in [-0.39, 0.29) is 33.8 Å². The highest BCUT2D eigenvalue weighted by Crippen LogP contribution is 2.48. The summed E-state index contributed by atoms with van der Waals surface area (Å²) in [6.07, 6.45) is 2.99. The molecule has 0 saturated carbocycles. The van der Waals surface area contributed by atoms with E-state index in [2.05, 4.69) is 46.9 Å². The van der Waals surface area contributed by atoms with Crippen molar-refractivity contribution >= 4 is 22.9 Å². The summed E-state index contributed by atoms with van der Waals surface area (Å²) >= 11 is 1.04. The van der Waals surface area contributed by atoms with Crippen LogP contribution in [0, 0.1) is 6.92 Å². The molecule has 2 unspecified atom stereocenters. The summed E-state index contributed by atoms with van der Waals surface area (Å²) in [5.41, 5.74) is 4.84. The third kappa shape index (κ3) is 5.36. The molecule has 2 aromatic carbocycles. The van der Waals surface area contributed by atoms with E-state index in [0.29, 0.717) is 18.8 Å². The van der Waals surface area contributed by atoms with Gasteiger partial charge in [0, 0.05) is 23.1 Å². The van der Waals surface area contributed by atoms with Gasteiger partial charge in [0.1, 0.15) is 22.8 Å². The number of imide groups is 1. The van der Waals surface area contributed by atoms with Crippen LogP contribution in [0.3, 0.4) is 0 Å². The number of hydrogen-bond donors (Lipinski definition) is 2. The van der Waals surface area contributed by atoms with Gasteiger partial charge in [-0.15, -0.1) is 0 Å². The Bertz CT molecular complexity index is 1160. The Morgan fingerprint density at radius 3 is 2.39 bits per heavy atom. The van der Waals surface area contributed by atoms with E-state index < -0.39 is 0 Å². The van der Waals surface area contributed by atoms with Crippen molar-refractivity contribution in [3.63, 3.8) is 0 Å². The number of amides is 2. The van der Waals surface area contributed by atoms with Crippen molar-refractivity contribution in [1.82, 2.24) is 5.32 Å². The average molecular weight is 512 g/mol. The number of phenolic OH excluding ortho intramolecular Hbond substituents is 1. The molecule has 0 radical (unpaired) electrons. The van der Waals surface area contributed by atoms with E-state index in [9.17, 15) is 14.7 Å². The zero-order chi connectivity index (χ0) is 26.2. The van der Waals surface area contributed by atoms with Gasteiger partial charge in [0.2, 0.25) is 5.91 Å². The lowest BCUT2D eigenvalue weighted by Gasteiger charge is -2.39. The predicted molar refractivity (Wildman–Crippen MR) is 144 cm³/mol. The van der Waals surface area contributed by atoms with Gasteiger partial charge >= 0.3 is 0 Å². The lowest BCUT2D eigenvalue weighted by atomic mass is 9.80. The molecule has 7 heteroatoms. The van der Waals surface area contributed by atoms with Crippen molar-refractivity contribution in [2.75, 3.05) is 6.61 Å². The summed E-state index contributed by atoms with van der Waals surface area (Å²) in [4.78, 5) is 23.2. The fraction of sp³-hybridized carbons (Fsp3) is 0.517. The molecule has 4 rings (SSSR count). The fourth-order valence-corrected chi connectivity index (χ4v) is 6.22. The monoisotopic (exact) mass is 511 g/mol. The van der Waals surface area contributed by atoms with Crippen LogP contribution < -0.4 is 14.8 Å². The number of phenols is 1. The van der Waals surface area contributed by atoms with Crippen LogP contribution in [0.1, 0.15) is 87.1 Å². The highest BCUT2D eigenvalue weighted by Gasteiger charge is 2.36. The maximum absolute atomic E-state index is 11.8. The van der Waals surface area contributed by atoms with Crippen LogP contribution in [0.15, 0.2) is 24.3 Å². The Morgan fingerprint density at radius 2 is 1.81 bits per heavy atom. The van der Waals surface area contributed by atoms with E-state index in [1.165, 1.54) is 0 Å². The molecule has 2 atom stereocenters. The Balaban J connectivity index is 1.41. The number of carbonyl (C=O) groups is 2. The van der Waals surface area contributed by atoms with Gasteiger partial charge in [-0.1, -0.05) is 51.6 Å². The fourth-order valence-electron chi connectivity index (χ4n) is 5.36. The van der Waals surface area contributed by atoms with E-state index in [4.69, 9.17) is 9.47 Å². The van der Waals surface area contributed by atoms with E-state index in [0.717, 1.165) is 70.3 Å². The van der Waals surface area contributed by atoms with E-state index in [1.807, 2.05) is 24.3 Å². The maximum atomic E-state index is 11.8. The molecule has 2 aliphatic rings. The van der Waals surface area contributed by atoms with Crippen molar-refractivity contribution in [2.24, 2.45) is 0 Å². The van der Waals surface area contributed by atoms with Crippen LogP contribution in [0.2, 0.25) is 0 Å². The number of carbonyl (C=O) groups excluding carboxylic acids is 2. The summed E-state index contributed by atoms with van der Waals surface area (Å²) in [5, 5.41) is 12.8. The average Bonchev–Trinajstić information content (AvgIpc) is 3.11. The molecule has 0 aliphatic carbocycles. The van der Waals surface area contributed by atoms with Crippen LogP contribution in [0.25, 0.3) is 0 Å². The van der Waals surface area contributed by atoms with Crippen molar-refractivity contribution in [2.45, 2.75) is 89.9 Å². The number of nitrogens with one attached hydrogen (secondary N) is 1. The number of ether oxygens (including phenoxy) is 2. The van der Waals surface area contributed by atoms with Crippen LogP contribution >= 0.6 is 11.8 Å². The standard InChI is InChI=1S/C29H37NO5S/c1-16(2)23-18(5)26-21(24(17(3)4)25(23)31)11-12-29(6,35-26)13-14-34-20-9-7-19(8-10-20)15-22-27(32)30-28(33)36-22/h7-10,16-17,22,31H,11-15H2,1-6H3,(H,30,32,33). The summed E-state index contributed by atoms with van der Waals surface area (Å²) in [7, 11) is 0. The third-order valence-corrected chi connectivity index (χ3v) is 8.25.